The van der Waals surface area contributed by atoms with E-state index in [1.807, 2.05) is 0 Å². The Morgan fingerprint density at radius 1 is 1.50 bits per heavy atom. The van der Waals surface area contributed by atoms with E-state index in [0.29, 0.717) is 0 Å². The van der Waals surface area contributed by atoms with Crippen molar-refractivity contribution >= 4 is 9.17 Å². The molecule has 2 N–H and O–H groups in total. The molecule has 0 saturated heterocycles. The summed E-state index contributed by atoms with van der Waals surface area (Å²) in [6.45, 7) is 0. The smallest absolute Gasteiger partial charge is 1.00 e. The molecule has 0 aliphatic heterocycles. The van der Waals surface area contributed by atoms with Crippen LogP contribution in [0.1, 0.15) is 1.43 Å². The van der Waals surface area contributed by atoms with Crippen LogP contribution in [-0.4, -0.2) is 18.8 Å². The maximum absolute atomic E-state index is 8.74. The summed E-state index contributed by atoms with van der Waals surface area (Å²) in [5.41, 5.74) is 0. The number of hydrogen-bond donors (Lipinski definition) is 2. The molecule has 0 amide bonds. The van der Waals surface area contributed by atoms with E-state index in [0.717, 1.165) is 0 Å². The molecular weight excluding hydrogens is 174 g/mol. The van der Waals surface area contributed by atoms with Crippen LogP contribution in [-0.2, 0) is 30.7 Å². The minimum absolute atomic E-state index is 0. The van der Waals surface area contributed by atoms with Crippen LogP contribution in [0.4, 0.5) is 0 Å². The normalized spacial score (nSPS) is 4.00. The average Bonchev–Trinajstić information content (AvgIpc) is 0.811. The largest absolute Gasteiger partial charge is 1.00 e. The molecule has 30 valence electrons. The van der Waals surface area contributed by atoms with Gasteiger partial charge in [-0.1, -0.05) is 0 Å². The van der Waals surface area contributed by atoms with Gasteiger partial charge in [-0.25, -0.2) is 0 Å². The van der Waals surface area contributed by atoms with Gasteiger partial charge in [0.05, 0.1) is 0 Å². The Morgan fingerprint density at radius 3 is 1.50 bits per heavy atom. The van der Waals surface area contributed by atoms with Gasteiger partial charge < -0.3 is 11.0 Å². The van der Waals surface area contributed by atoms with Crippen LogP contribution in [0.15, 0.2) is 0 Å². The van der Waals surface area contributed by atoms with Gasteiger partial charge in [-0.05, 0) is 0 Å². The maximum Gasteiger partial charge on any atom is 1.00 e. The van der Waals surface area contributed by atoms with Gasteiger partial charge in [0.2, 0.25) is 0 Å². The first-order valence-electron chi connectivity index (χ1n) is 0.651. The summed E-state index contributed by atoms with van der Waals surface area (Å²) in [5.74, 6) is 0. The SMILES string of the molecule is O=[Si](O)O.[H-].[Li+].[Zr]. The third kappa shape index (κ3) is 71.1. The molecule has 0 atom stereocenters. The molecule has 0 rings (SSSR count). The fourth-order valence-corrected chi connectivity index (χ4v) is 0. The molecule has 0 aliphatic carbocycles. The second-order valence-electron chi connectivity index (χ2n) is 0.283. The molecule has 0 bridgehead atoms. The molecule has 0 radical (unpaired) electrons. The van der Waals surface area contributed by atoms with Crippen molar-refractivity contribution in [3.8, 4) is 0 Å². The summed E-state index contributed by atoms with van der Waals surface area (Å²) in [5, 5.41) is 0. The zero-order valence-corrected chi connectivity index (χ0v) is 6.76. The summed E-state index contributed by atoms with van der Waals surface area (Å²) < 4.78 is 8.74. The van der Waals surface area contributed by atoms with E-state index >= 15 is 0 Å². The Kier molecular flexibility index (Phi) is 24.7. The van der Waals surface area contributed by atoms with E-state index in [-0.39, 0.29) is 46.5 Å². The third-order valence-corrected chi connectivity index (χ3v) is 0. The second-order valence-corrected chi connectivity index (χ2v) is 0.848. The topological polar surface area (TPSA) is 57.5 Å². The molecular formula is H3LiO3SiZr. The Labute approximate surface area is 69.4 Å². The van der Waals surface area contributed by atoms with Gasteiger partial charge in [0.1, 0.15) is 0 Å². The monoisotopic (exact) mass is 176 g/mol. The average molecular weight is 177 g/mol. The predicted molar refractivity (Wildman–Crippen MR) is 12.0 cm³/mol. The summed E-state index contributed by atoms with van der Waals surface area (Å²) in [4.78, 5) is 14.3. The molecule has 0 aromatic heterocycles. The zero-order chi connectivity index (χ0) is 3.58. The quantitative estimate of drug-likeness (QED) is 0.367. The van der Waals surface area contributed by atoms with Crippen LogP contribution >= 0.6 is 0 Å². The van der Waals surface area contributed by atoms with Gasteiger partial charge >= 0.3 is 28.0 Å². The van der Waals surface area contributed by atoms with Crippen molar-refractivity contribution in [2.45, 2.75) is 0 Å². The molecule has 3 nitrogen and oxygen atoms in total. The summed E-state index contributed by atoms with van der Waals surface area (Å²) in [6, 6.07) is 0. The molecule has 0 aliphatic rings. The van der Waals surface area contributed by atoms with Crippen molar-refractivity contribution in [2.24, 2.45) is 0 Å². The maximum atomic E-state index is 8.74. The van der Waals surface area contributed by atoms with Crippen molar-refractivity contribution in [3.05, 3.63) is 0 Å². The van der Waals surface area contributed by atoms with E-state index in [2.05, 4.69) is 0 Å². The van der Waals surface area contributed by atoms with Crippen LogP contribution < -0.4 is 18.9 Å². The van der Waals surface area contributed by atoms with Gasteiger partial charge in [-0.15, -0.1) is 0 Å². The third-order valence-electron chi connectivity index (χ3n) is 0. The van der Waals surface area contributed by atoms with Gasteiger partial charge in [0.15, 0.2) is 0 Å². The van der Waals surface area contributed by atoms with E-state index in [4.69, 9.17) is 14.1 Å². The zero-order valence-electron chi connectivity index (χ0n) is 4.30. The molecule has 0 spiro atoms. The first-order chi connectivity index (χ1) is 1.73. The summed E-state index contributed by atoms with van der Waals surface area (Å²) in [6.07, 6.45) is 0. The molecule has 0 aromatic carbocycles. The van der Waals surface area contributed by atoms with Crippen LogP contribution in [0.5, 0.6) is 0 Å². The summed E-state index contributed by atoms with van der Waals surface area (Å²) >= 11 is 0. The molecule has 6 heteroatoms. The van der Waals surface area contributed by atoms with Gasteiger partial charge in [0.25, 0.3) is 0 Å². The fourth-order valence-electron chi connectivity index (χ4n) is 0. The van der Waals surface area contributed by atoms with Crippen molar-refractivity contribution in [1.82, 2.24) is 0 Å². The van der Waals surface area contributed by atoms with Crippen LogP contribution in [0.3, 0.4) is 0 Å². The molecule has 0 fully saturated rings. The van der Waals surface area contributed by atoms with E-state index in [9.17, 15) is 0 Å². The van der Waals surface area contributed by atoms with E-state index in [1.165, 1.54) is 0 Å². The Morgan fingerprint density at radius 2 is 1.50 bits per heavy atom. The molecule has 0 unspecified atom stereocenters. The van der Waals surface area contributed by atoms with E-state index in [1.54, 1.807) is 0 Å². The van der Waals surface area contributed by atoms with Gasteiger partial charge in [0, 0.05) is 26.2 Å². The van der Waals surface area contributed by atoms with Crippen LogP contribution in [0, 0.1) is 0 Å². The molecule has 0 heterocycles. The van der Waals surface area contributed by atoms with E-state index < -0.39 is 9.17 Å². The van der Waals surface area contributed by atoms with Crippen molar-refractivity contribution < 1.29 is 60.5 Å². The Bertz CT molecular complexity index is 37.9. The van der Waals surface area contributed by atoms with Crippen molar-refractivity contribution in [1.29, 1.82) is 0 Å². The standard InChI is InChI=1S/Li.H2O3Si.Zr.H/c;1-4(2)3;;/h;1-2H;;/q+1;;;-1. The molecule has 0 saturated carbocycles. The Balaban J connectivity index is -0.0000000150. The van der Waals surface area contributed by atoms with Gasteiger partial charge in [-0.3, -0.25) is 4.46 Å². The Hall–Kier alpha value is 1.10. The second kappa shape index (κ2) is 9.44. The minimum atomic E-state index is -3.13. The van der Waals surface area contributed by atoms with Crippen molar-refractivity contribution in [3.63, 3.8) is 0 Å². The summed E-state index contributed by atoms with van der Waals surface area (Å²) in [7, 11) is -3.13. The fraction of sp³-hybridized carbons (Fsp3) is 0. The number of rotatable bonds is 0. The van der Waals surface area contributed by atoms with Gasteiger partial charge in [-0.2, -0.15) is 0 Å². The molecule has 0 aromatic rings. The molecule has 6 heavy (non-hydrogen) atoms. The van der Waals surface area contributed by atoms with Crippen LogP contribution in [0.2, 0.25) is 0 Å². The number of hydrogen-bond acceptors (Lipinski definition) is 1. The van der Waals surface area contributed by atoms with Crippen LogP contribution in [0.25, 0.3) is 0 Å². The van der Waals surface area contributed by atoms with Crippen molar-refractivity contribution in [2.75, 3.05) is 0 Å². The minimum Gasteiger partial charge on any atom is -1.00 e. The first-order valence-corrected chi connectivity index (χ1v) is 1.95. The first kappa shape index (κ1) is 15.7. The predicted octanol–water partition coefficient (Wildman–Crippen LogP) is -4.50.